The van der Waals surface area contributed by atoms with Crippen LogP contribution in [0.5, 0.6) is 0 Å². The van der Waals surface area contributed by atoms with E-state index >= 15 is 0 Å². The molecule has 20 heavy (non-hydrogen) atoms. The van der Waals surface area contributed by atoms with E-state index in [9.17, 15) is 19.8 Å². The number of ether oxygens (including phenoxy) is 1. The average molecular weight is 287 g/mol. The number of carbonyl (C=O) groups excluding carboxylic acids is 1. The van der Waals surface area contributed by atoms with E-state index in [4.69, 9.17) is 4.74 Å². The average Bonchev–Trinajstić information content (AvgIpc) is 2.34. The second-order valence-corrected chi connectivity index (χ2v) is 6.35. The van der Waals surface area contributed by atoms with Crippen LogP contribution in [0.1, 0.15) is 52.9 Å². The van der Waals surface area contributed by atoms with Crippen molar-refractivity contribution in [2.75, 3.05) is 0 Å². The Morgan fingerprint density at radius 3 is 2.20 bits per heavy atom. The van der Waals surface area contributed by atoms with E-state index in [-0.39, 0.29) is 5.92 Å². The minimum absolute atomic E-state index is 0.0835. The lowest BCUT2D eigenvalue weighted by Crippen LogP contribution is -2.52. The van der Waals surface area contributed by atoms with Crippen molar-refractivity contribution in [1.29, 1.82) is 0 Å². The van der Waals surface area contributed by atoms with Crippen LogP contribution in [0.25, 0.3) is 0 Å². The molecular weight excluding hydrogens is 262 g/mol. The summed E-state index contributed by atoms with van der Waals surface area (Å²) in [6.07, 6.45) is 2.77. The van der Waals surface area contributed by atoms with Crippen molar-refractivity contribution in [3.05, 3.63) is 0 Å². The Labute approximate surface area is 119 Å². The molecule has 0 aliphatic heterocycles. The van der Waals surface area contributed by atoms with Gasteiger partial charge in [-0.3, -0.25) is 0 Å². The summed E-state index contributed by atoms with van der Waals surface area (Å²) in [5.41, 5.74) is -0.705. The number of amides is 1. The monoisotopic (exact) mass is 287 g/mol. The van der Waals surface area contributed by atoms with Crippen LogP contribution in [0.4, 0.5) is 4.79 Å². The van der Waals surface area contributed by atoms with Gasteiger partial charge in [0.1, 0.15) is 5.60 Å². The summed E-state index contributed by atoms with van der Waals surface area (Å²) in [5, 5.41) is 21.7. The number of nitrogens with one attached hydrogen (secondary N) is 1. The number of rotatable bonds is 4. The predicted molar refractivity (Wildman–Crippen MR) is 73.4 cm³/mol. The normalized spacial score (nSPS) is 20.0. The van der Waals surface area contributed by atoms with Gasteiger partial charge in [-0.15, -0.1) is 0 Å². The van der Waals surface area contributed by atoms with Gasteiger partial charge in [-0.25, -0.2) is 9.59 Å². The van der Waals surface area contributed by atoms with Gasteiger partial charge in [-0.1, -0.05) is 19.3 Å². The lowest BCUT2D eigenvalue weighted by Gasteiger charge is -2.31. The molecule has 0 aromatic rings. The van der Waals surface area contributed by atoms with Crippen molar-refractivity contribution in [2.45, 2.75) is 70.6 Å². The van der Waals surface area contributed by atoms with Crippen molar-refractivity contribution < 1.29 is 24.5 Å². The molecule has 0 aromatic carbocycles. The number of carboxylic acids is 1. The van der Waals surface area contributed by atoms with Crippen LogP contribution in [0.3, 0.4) is 0 Å². The third-order valence-corrected chi connectivity index (χ3v) is 3.41. The zero-order valence-electron chi connectivity index (χ0n) is 12.4. The predicted octanol–water partition coefficient (Wildman–Crippen LogP) is 1.91. The molecular formula is C14H25NO5. The van der Waals surface area contributed by atoms with Gasteiger partial charge in [0.2, 0.25) is 0 Å². The first kappa shape index (κ1) is 16.8. The minimum atomic E-state index is -1.33. The summed E-state index contributed by atoms with van der Waals surface area (Å²) >= 11 is 0. The minimum Gasteiger partial charge on any atom is -0.480 e. The highest BCUT2D eigenvalue weighted by atomic mass is 16.6. The van der Waals surface area contributed by atoms with Crippen molar-refractivity contribution in [3.8, 4) is 0 Å². The molecule has 2 unspecified atom stereocenters. The Balaban J connectivity index is 2.63. The lowest BCUT2D eigenvalue weighted by atomic mass is 9.82. The SMILES string of the molecule is CC(C)(C)OC(=O)NC(C(=O)O)C(O)C1CCCCC1. The van der Waals surface area contributed by atoms with Gasteiger partial charge in [-0.05, 0) is 39.5 Å². The van der Waals surface area contributed by atoms with Gasteiger partial charge in [0.25, 0.3) is 0 Å². The molecule has 1 aliphatic rings. The molecule has 0 aromatic heterocycles. The van der Waals surface area contributed by atoms with Crippen LogP contribution in [0.2, 0.25) is 0 Å². The molecule has 116 valence electrons. The quantitative estimate of drug-likeness (QED) is 0.734. The fourth-order valence-corrected chi connectivity index (χ4v) is 2.48. The van der Waals surface area contributed by atoms with Gasteiger partial charge in [-0.2, -0.15) is 0 Å². The number of carbonyl (C=O) groups is 2. The van der Waals surface area contributed by atoms with Crippen molar-refractivity contribution >= 4 is 12.1 Å². The van der Waals surface area contributed by atoms with E-state index in [0.717, 1.165) is 32.1 Å². The molecule has 6 heteroatoms. The summed E-state index contributed by atoms with van der Waals surface area (Å²) in [6.45, 7) is 5.08. The molecule has 1 fully saturated rings. The molecule has 0 heterocycles. The maximum Gasteiger partial charge on any atom is 0.408 e. The van der Waals surface area contributed by atoms with Gasteiger partial charge in [0.15, 0.2) is 6.04 Å². The third-order valence-electron chi connectivity index (χ3n) is 3.41. The molecule has 1 amide bonds. The van der Waals surface area contributed by atoms with Gasteiger partial charge in [0.05, 0.1) is 6.10 Å². The number of alkyl carbamates (subject to hydrolysis) is 1. The highest BCUT2D eigenvalue weighted by molar-refractivity contribution is 5.80. The van der Waals surface area contributed by atoms with Crippen LogP contribution in [0, 0.1) is 5.92 Å². The number of carboxylic acid groups (broad SMARTS) is 1. The van der Waals surface area contributed by atoms with Gasteiger partial charge < -0.3 is 20.3 Å². The Hall–Kier alpha value is -1.30. The van der Waals surface area contributed by atoms with Gasteiger partial charge in [0, 0.05) is 0 Å². The summed E-state index contributed by atoms with van der Waals surface area (Å²) in [5.74, 6) is -1.33. The summed E-state index contributed by atoms with van der Waals surface area (Å²) in [4.78, 5) is 22.9. The maximum atomic E-state index is 11.7. The molecule has 0 saturated heterocycles. The number of aliphatic hydroxyl groups is 1. The van der Waals surface area contributed by atoms with Crippen molar-refractivity contribution in [3.63, 3.8) is 0 Å². The molecule has 3 N–H and O–H groups in total. The van der Waals surface area contributed by atoms with Crippen LogP contribution in [0.15, 0.2) is 0 Å². The van der Waals surface area contributed by atoms with E-state index < -0.39 is 29.8 Å². The maximum absolute atomic E-state index is 11.7. The molecule has 6 nitrogen and oxygen atoms in total. The smallest absolute Gasteiger partial charge is 0.408 e. The zero-order chi connectivity index (χ0) is 15.3. The molecule has 2 atom stereocenters. The van der Waals surface area contributed by atoms with Crippen LogP contribution >= 0.6 is 0 Å². The first-order chi connectivity index (χ1) is 9.20. The van der Waals surface area contributed by atoms with Gasteiger partial charge >= 0.3 is 12.1 Å². The molecule has 0 spiro atoms. The summed E-state index contributed by atoms with van der Waals surface area (Å²) < 4.78 is 5.03. The van der Waals surface area contributed by atoms with Crippen LogP contribution in [-0.2, 0) is 9.53 Å². The summed E-state index contributed by atoms with van der Waals surface area (Å²) in [6, 6.07) is -1.33. The number of hydrogen-bond acceptors (Lipinski definition) is 4. The Bertz CT molecular complexity index is 344. The number of aliphatic hydroxyl groups excluding tert-OH is 1. The van der Waals surface area contributed by atoms with E-state index in [1.54, 1.807) is 20.8 Å². The molecule has 0 bridgehead atoms. The molecule has 1 rings (SSSR count). The summed E-state index contributed by atoms with van der Waals surface area (Å²) in [7, 11) is 0. The van der Waals surface area contributed by atoms with Crippen molar-refractivity contribution in [1.82, 2.24) is 5.32 Å². The second kappa shape index (κ2) is 6.92. The molecule has 1 saturated carbocycles. The Morgan fingerprint density at radius 2 is 1.75 bits per heavy atom. The molecule has 1 aliphatic carbocycles. The fourth-order valence-electron chi connectivity index (χ4n) is 2.48. The highest BCUT2D eigenvalue weighted by Crippen LogP contribution is 2.28. The largest absolute Gasteiger partial charge is 0.480 e. The number of hydrogen-bond donors (Lipinski definition) is 3. The zero-order valence-corrected chi connectivity index (χ0v) is 12.4. The van der Waals surface area contributed by atoms with Crippen LogP contribution in [-0.4, -0.2) is 40.0 Å². The lowest BCUT2D eigenvalue weighted by molar-refractivity contribution is -0.144. The first-order valence-electron chi connectivity index (χ1n) is 7.11. The Morgan fingerprint density at radius 1 is 1.20 bits per heavy atom. The number of aliphatic carboxylic acids is 1. The Kier molecular flexibility index (Phi) is 5.80. The van der Waals surface area contributed by atoms with Crippen LogP contribution < -0.4 is 5.32 Å². The van der Waals surface area contributed by atoms with E-state index in [0.29, 0.717) is 0 Å². The van der Waals surface area contributed by atoms with E-state index in [1.165, 1.54) is 0 Å². The topological polar surface area (TPSA) is 95.9 Å². The van der Waals surface area contributed by atoms with E-state index in [1.807, 2.05) is 0 Å². The molecule has 0 radical (unpaired) electrons. The third kappa shape index (κ3) is 5.36. The van der Waals surface area contributed by atoms with E-state index in [2.05, 4.69) is 5.32 Å². The van der Waals surface area contributed by atoms with Crippen molar-refractivity contribution in [2.24, 2.45) is 5.92 Å². The fraction of sp³-hybridized carbons (Fsp3) is 0.857. The highest BCUT2D eigenvalue weighted by Gasteiger charge is 2.35. The standard InChI is InChI=1S/C14H25NO5/c1-14(2,3)20-13(19)15-10(12(17)18)11(16)9-7-5-4-6-8-9/h9-11,16H,4-8H2,1-3H3,(H,15,19)(H,17,18). The second-order valence-electron chi connectivity index (χ2n) is 6.35. The first-order valence-corrected chi connectivity index (χ1v) is 7.11.